The number of rotatable bonds is 1. The van der Waals surface area contributed by atoms with E-state index in [0.29, 0.717) is 16.2 Å². The highest BCUT2D eigenvalue weighted by molar-refractivity contribution is 8.00. The second-order valence-electron chi connectivity index (χ2n) is 4.03. The predicted molar refractivity (Wildman–Crippen MR) is 65.5 cm³/mol. The molecule has 2 atom stereocenters. The van der Waals surface area contributed by atoms with Crippen molar-refractivity contribution in [1.29, 1.82) is 5.26 Å². The molecule has 0 spiro atoms. The highest BCUT2D eigenvalue weighted by Crippen LogP contribution is 2.27. The summed E-state index contributed by atoms with van der Waals surface area (Å²) in [4.78, 5) is 10.6. The molecule has 4 nitrogen and oxygen atoms in total. The van der Waals surface area contributed by atoms with Crippen LogP contribution < -0.4 is 4.90 Å². The standard InChI is InChI=1S/C11H14N4S/c1-8-6-15(7-9(2)16-8)11-5-13-10(3-12)4-14-11/h4-5,8-9H,6-7H2,1-2H3. The molecule has 0 bridgehead atoms. The smallest absolute Gasteiger partial charge is 0.158 e. The van der Waals surface area contributed by atoms with Crippen molar-refractivity contribution >= 4 is 17.6 Å². The van der Waals surface area contributed by atoms with E-state index in [1.807, 2.05) is 17.8 Å². The van der Waals surface area contributed by atoms with Gasteiger partial charge in [0.2, 0.25) is 0 Å². The van der Waals surface area contributed by atoms with Gasteiger partial charge in [0.1, 0.15) is 11.9 Å². The summed E-state index contributed by atoms with van der Waals surface area (Å²) in [6.45, 7) is 6.44. The molecule has 84 valence electrons. The van der Waals surface area contributed by atoms with Crippen LogP contribution >= 0.6 is 11.8 Å². The molecule has 0 aromatic carbocycles. The van der Waals surface area contributed by atoms with Gasteiger partial charge in [-0.25, -0.2) is 9.97 Å². The van der Waals surface area contributed by atoms with Crippen LogP contribution in [-0.2, 0) is 0 Å². The van der Waals surface area contributed by atoms with Crippen LogP contribution in [0.2, 0.25) is 0 Å². The van der Waals surface area contributed by atoms with Gasteiger partial charge in [-0.05, 0) is 0 Å². The van der Waals surface area contributed by atoms with Gasteiger partial charge in [0.05, 0.1) is 12.4 Å². The zero-order chi connectivity index (χ0) is 11.5. The first-order valence-corrected chi connectivity index (χ1v) is 6.26. The Balaban J connectivity index is 2.14. The van der Waals surface area contributed by atoms with Gasteiger partial charge in [-0.3, -0.25) is 0 Å². The van der Waals surface area contributed by atoms with Gasteiger partial charge >= 0.3 is 0 Å². The van der Waals surface area contributed by atoms with Crippen LogP contribution in [-0.4, -0.2) is 33.6 Å². The molecule has 1 aromatic heterocycles. The van der Waals surface area contributed by atoms with E-state index in [2.05, 4.69) is 28.7 Å². The van der Waals surface area contributed by atoms with Crippen LogP contribution in [0.3, 0.4) is 0 Å². The molecule has 1 aliphatic heterocycles. The molecule has 0 N–H and O–H groups in total. The van der Waals surface area contributed by atoms with E-state index in [9.17, 15) is 0 Å². The minimum absolute atomic E-state index is 0.372. The third-order valence-electron chi connectivity index (χ3n) is 2.50. The lowest BCUT2D eigenvalue weighted by atomic mass is 10.3. The number of hydrogen-bond donors (Lipinski definition) is 0. The zero-order valence-electron chi connectivity index (χ0n) is 9.42. The summed E-state index contributed by atoms with van der Waals surface area (Å²) in [6, 6.07) is 1.98. The van der Waals surface area contributed by atoms with Crippen molar-refractivity contribution in [3.8, 4) is 6.07 Å². The van der Waals surface area contributed by atoms with Gasteiger partial charge < -0.3 is 4.90 Å². The third kappa shape index (κ3) is 2.45. The minimum Gasteiger partial charge on any atom is -0.353 e. The Labute approximate surface area is 99.7 Å². The molecule has 2 heterocycles. The van der Waals surface area contributed by atoms with Crippen molar-refractivity contribution in [3.05, 3.63) is 18.1 Å². The van der Waals surface area contributed by atoms with Crippen LogP contribution in [0.15, 0.2) is 12.4 Å². The molecule has 0 aliphatic carbocycles. The largest absolute Gasteiger partial charge is 0.353 e. The van der Waals surface area contributed by atoms with E-state index < -0.39 is 0 Å². The van der Waals surface area contributed by atoms with Crippen LogP contribution in [0.25, 0.3) is 0 Å². The predicted octanol–water partition coefficient (Wildman–Crippen LogP) is 1.68. The average molecular weight is 234 g/mol. The first-order chi connectivity index (χ1) is 7.69. The monoisotopic (exact) mass is 234 g/mol. The summed E-state index contributed by atoms with van der Waals surface area (Å²) in [5.41, 5.74) is 0.372. The fraction of sp³-hybridized carbons (Fsp3) is 0.545. The maximum atomic E-state index is 8.65. The fourth-order valence-corrected chi connectivity index (χ4v) is 3.23. The maximum Gasteiger partial charge on any atom is 0.158 e. The molecule has 0 radical (unpaired) electrons. The summed E-state index contributed by atoms with van der Waals surface area (Å²) in [5.74, 6) is 0.873. The lowest BCUT2D eigenvalue weighted by Crippen LogP contribution is -2.40. The van der Waals surface area contributed by atoms with Crippen molar-refractivity contribution in [2.75, 3.05) is 18.0 Å². The average Bonchev–Trinajstić information content (AvgIpc) is 2.28. The van der Waals surface area contributed by atoms with E-state index in [0.717, 1.165) is 18.9 Å². The molecule has 0 saturated carbocycles. The van der Waals surface area contributed by atoms with Crippen LogP contribution in [0.1, 0.15) is 19.5 Å². The quantitative estimate of drug-likeness (QED) is 0.740. The summed E-state index contributed by atoms with van der Waals surface area (Å²) >= 11 is 2.01. The Kier molecular flexibility index (Phi) is 3.30. The third-order valence-corrected chi connectivity index (χ3v) is 3.72. The molecule has 1 aromatic rings. The number of nitrogens with zero attached hydrogens (tertiary/aromatic N) is 4. The topological polar surface area (TPSA) is 52.8 Å². The normalized spacial score (nSPS) is 25.2. The lowest BCUT2D eigenvalue weighted by Gasteiger charge is -2.35. The highest BCUT2D eigenvalue weighted by atomic mass is 32.2. The Morgan fingerprint density at radius 3 is 2.50 bits per heavy atom. The number of nitriles is 1. The second-order valence-corrected chi connectivity index (χ2v) is 5.92. The Morgan fingerprint density at radius 2 is 2.00 bits per heavy atom. The summed E-state index contributed by atoms with van der Waals surface area (Å²) in [7, 11) is 0. The molecule has 2 unspecified atom stereocenters. The van der Waals surface area contributed by atoms with Crippen LogP contribution in [0.5, 0.6) is 0 Å². The van der Waals surface area contributed by atoms with Crippen molar-refractivity contribution in [2.24, 2.45) is 0 Å². The first kappa shape index (κ1) is 11.2. The SMILES string of the molecule is CC1CN(c2cnc(C#N)cn2)CC(C)S1. The van der Waals surface area contributed by atoms with Gasteiger partial charge in [0, 0.05) is 23.6 Å². The lowest BCUT2D eigenvalue weighted by molar-refractivity contribution is 0.716. The maximum absolute atomic E-state index is 8.65. The van der Waals surface area contributed by atoms with E-state index in [4.69, 9.17) is 5.26 Å². The fourth-order valence-electron chi connectivity index (χ4n) is 1.91. The number of aromatic nitrogens is 2. The Morgan fingerprint density at radius 1 is 1.31 bits per heavy atom. The Bertz CT molecular complexity index is 387. The van der Waals surface area contributed by atoms with Gasteiger partial charge in [-0.15, -0.1) is 0 Å². The summed E-state index contributed by atoms with van der Waals surface area (Å²) in [6.07, 6.45) is 3.22. The van der Waals surface area contributed by atoms with Gasteiger partial charge in [0.25, 0.3) is 0 Å². The summed E-state index contributed by atoms with van der Waals surface area (Å²) in [5, 5.41) is 9.88. The number of hydrogen-bond acceptors (Lipinski definition) is 5. The molecule has 5 heteroatoms. The first-order valence-electron chi connectivity index (χ1n) is 5.31. The Hall–Kier alpha value is -1.28. The molecular formula is C11H14N4S. The van der Waals surface area contributed by atoms with Crippen molar-refractivity contribution in [3.63, 3.8) is 0 Å². The van der Waals surface area contributed by atoms with Crippen LogP contribution in [0, 0.1) is 11.3 Å². The van der Waals surface area contributed by atoms with Gasteiger partial charge in [-0.2, -0.15) is 17.0 Å². The van der Waals surface area contributed by atoms with Crippen molar-refractivity contribution in [1.82, 2.24) is 9.97 Å². The van der Waals surface area contributed by atoms with Gasteiger partial charge in [0.15, 0.2) is 5.69 Å². The van der Waals surface area contributed by atoms with Crippen molar-refractivity contribution in [2.45, 2.75) is 24.3 Å². The molecule has 2 rings (SSSR count). The molecule has 16 heavy (non-hydrogen) atoms. The second kappa shape index (κ2) is 4.71. The van der Waals surface area contributed by atoms with Gasteiger partial charge in [-0.1, -0.05) is 13.8 Å². The minimum atomic E-state index is 0.372. The summed E-state index contributed by atoms with van der Waals surface area (Å²) < 4.78 is 0. The number of thioether (sulfide) groups is 1. The number of anilines is 1. The highest BCUT2D eigenvalue weighted by Gasteiger charge is 2.23. The molecular weight excluding hydrogens is 220 g/mol. The van der Waals surface area contributed by atoms with E-state index >= 15 is 0 Å². The molecule has 1 saturated heterocycles. The molecule has 1 fully saturated rings. The van der Waals surface area contributed by atoms with E-state index in [1.54, 1.807) is 6.20 Å². The van der Waals surface area contributed by atoms with Crippen molar-refractivity contribution < 1.29 is 0 Å². The molecule has 1 aliphatic rings. The molecule has 0 amide bonds. The van der Waals surface area contributed by atoms with E-state index in [1.165, 1.54) is 6.20 Å². The van der Waals surface area contributed by atoms with Crippen LogP contribution in [0.4, 0.5) is 5.82 Å². The van der Waals surface area contributed by atoms with E-state index in [-0.39, 0.29) is 0 Å². The zero-order valence-corrected chi connectivity index (χ0v) is 10.2.